The van der Waals surface area contributed by atoms with E-state index in [4.69, 9.17) is 10.8 Å². The van der Waals surface area contributed by atoms with Crippen molar-refractivity contribution in [3.05, 3.63) is 0 Å². The van der Waals surface area contributed by atoms with Crippen molar-refractivity contribution in [3.8, 4) is 0 Å². The van der Waals surface area contributed by atoms with E-state index in [-0.39, 0.29) is 11.8 Å². The number of aliphatic hydroxyl groups excluding tert-OH is 1. The average Bonchev–Trinajstić information content (AvgIpc) is 1.85. The fourth-order valence-electron chi connectivity index (χ4n) is 0.896. The van der Waals surface area contributed by atoms with Crippen LogP contribution >= 0.6 is 0 Å². The van der Waals surface area contributed by atoms with Crippen molar-refractivity contribution < 1.29 is 9.90 Å². The summed E-state index contributed by atoms with van der Waals surface area (Å²) in [6, 6.07) is -0.0995. The summed E-state index contributed by atoms with van der Waals surface area (Å²) in [6.45, 7) is 0. The summed E-state index contributed by atoms with van der Waals surface area (Å²) in [6.07, 6.45) is 0.0185. The Balaban J connectivity index is 2.51. The smallest absolute Gasteiger partial charge is 0.162 e. The molecule has 46 valence electrons. The number of hydrogen-bond donors (Lipinski definition) is 2. The zero-order chi connectivity index (χ0) is 6.15. The molecule has 0 saturated heterocycles. The number of carbonyl (C=O) groups excluding carboxylic acids is 1. The van der Waals surface area contributed by atoms with E-state index in [1.807, 2.05) is 0 Å². The number of Topliss-reactive ketones (excluding diaryl/α,β-unsaturated/α-hetero) is 1. The zero-order valence-corrected chi connectivity index (χ0v) is 4.50. The Morgan fingerprint density at radius 3 is 2.50 bits per heavy atom. The van der Waals surface area contributed by atoms with E-state index in [0.29, 0.717) is 12.8 Å². The minimum absolute atomic E-state index is 0.0995. The summed E-state index contributed by atoms with van der Waals surface area (Å²) in [5.41, 5.74) is 5.33. The van der Waals surface area contributed by atoms with Gasteiger partial charge in [0.2, 0.25) is 0 Å². The van der Waals surface area contributed by atoms with Crippen LogP contribution in [0, 0.1) is 0 Å². The third kappa shape index (κ3) is 0.877. The number of ketones is 1. The Bertz CT molecular complexity index is 113. The molecule has 2 atom stereocenters. The van der Waals surface area contributed by atoms with E-state index in [1.165, 1.54) is 0 Å². The Morgan fingerprint density at radius 2 is 2.38 bits per heavy atom. The third-order valence-electron chi connectivity index (χ3n) is 1.36. The quantitative estimate of drug-likeness (QED) is 0.427. The van der Waals surface area contributed by atoms with Gasteiger partial charge in [-0.3, -0.25) is 4.79 Å². The van der Waals surface area contributed by atoms with Gasteiger partial charge in [-0.15, -0.1) is 0 Å². The number of hydrogen-bond acceptors (Lipinski definition) is 3. The molecule has 8 heavy (non-hydrogen) atoms. The molecule has 0 radical (unpaired) electrons. The van der Waals surface area contributed by atoms with Gasteiger partial charge in [0.15, 0.2) is 5.78 Å². The van der Waals surface area contributed by atoms with Crippen LogP contribution in [0.1, 0.15) is 12.8 Å². The van der Waals surface area contributed by atoms with Crippen LogP contribution in [0.3, 0.4) is 0 Å². The highest BCUT2D eigenvalue weighted by molar-refractivity contribution is 5.85. The van der Waals surface area contributed by atoms with Crippen LogP contribution in [-0.4, -0.2) is 23.0 Å². The largest absolute Gasteiger partial charge is 0.385 e. The van der Waals surface area contributed by atoms with E-state index in [0.717, 1.165) is 0 Å². The summed E-state index contributed by atoms with van der Waals surface area (Å²) >= 11 is 0. The lowest BCUT2D eigenvalue weighted by Gasteiger charge is -1.94. The van der Waals surface area contributed by atoms with E-state index in [1.54, 1.807) is 0 Å². The Morgan fingerprint density at radius 1 is 1.75 bits per heavy atom. The lowest BCUT2D eigenvalue weighted by molar-refractivity contribution is -0.124. The van der Waals surface area contributed by atoms with E-state index >= 15 is 0 Å². The van der Waals surface area contributed by atoms with Gasteiger partial charge in [0.25, 0.3) is 0 Å². The van der Waals surface area contributed by atoms with Crippen molar-refractivity contribution in [2.45, 2.75) is 25.0 Å². The molecule has 3 heteroatoms. The number of rotatable bonds is 0. The number of carbonyl (C=O) groups is 1. The summed E-state index contributed by atoms with van der Waals surface area (Å²) in [4.78, 5) is 10.5. The van der Waals surface area contributed by atoms with Gasteiger partial charge in [-0.2, -0.15) is 0 Å². The van der Waals surface area contributed by atoms with Crippen LogP contribution in [0.4, 0.5) is 0 Å². The Hall–Kier alpha value is -0.410. The molecular formula is C5H9NO2. The van der Waals surface area contributed by atoms with Crippen molar-refractivity contribution in [1.29, 1.82) is 0 Å². The number of nitrogens with two attached hydrogens (primary N) is 1. The topological polar surface area (TPSA) is 63.3 Å². The predicted octanol–water partition coefficient (Wildman–Crippen LogP) is -0.963. The molecule has 3 N–H and O–H groups in total. The van der Waals surface area contributed by atoms with Crippen LogP contribution in [0.2, 0.25) is 0 Å². The highest BCUT2D eigenvalue weighted by Gasteiger charge is 2.27. The molecule has 1 rings (SSSR count). The molecule has 1 fully saturated rings. The van der Waals surface area contributed by atoms with E-state index in [9.17, 15) is 4.79 Å². The van der Waals surface area contributed by atoms with E-state index < -0.39 is 6.10 Å². The molecule has 0 bridgehead atoms. The van der Waals surface area contributed by atoms with Gasteiger partial charge in [0.1, 0.15) is 6.10 Å². The van der Waals surface area contributed by atoms with Crippen LogP contribution in [0.5, 0.6) is 0 Å². The van der Waals surface area contributed by atoms with Crippen molar-refractivity contribution in [1.82, 2.24) is 0 Å². The standard InChI is InChI=1S/C5H9NO2/c6-3-1-4(7)5(8)2-3/h3-4,7H,1-2,6H2/t3-,4-/m0/s1. The van der Waals surface area contributed by atoms with Crippen LogP contribution < -0.4 is 5.73 Å². The maximum absolute atomic E-state index is 10.5. The first-order valence-corrected chi connectivity index (χ1v) is 2.66. The lowest BCUT2D eigenvalue weighted by atomic mass is 10.3. The van der Waals surface area contributed by atoms with Gasteiger partial charge < -0.3 is 10.8 Å². The monoisotopic (exact) mass is 115 g/mol. The van der Waals surface area contributed by atoms with Crippen molar-refractivity contribution in [3.63, 3.8) is 0 Å². The van der Waals surface area contributed by atoms with Crippen LogP contribution in [0.25, 0.3) is 0 Å². The highest BCUT2D eigenvalue weighted by Crippen LogP contribution is 2.12. The van der Waals surface area contributed by atoms with Crippen molar-refractivity contribution >= 4 is 5.78 Å². The minimum atomic E-state index is -0.773. The molecule has 0 aromatic heterocycles. The van der Waals surface area contributed by atoms with Crippen LogP contribution in [-0.2, 0) is 4.79 Å². The van der Waals surface area contributed by atoms with Gasteiger partial charge >= 0.3 is 0 Å². The molecule has 1 aliphatic carbocycles. The fourth-order valence-corrected chi connectivity index (χ4v) is 0.896. The molecule has 0 aromatic rings. The number of aliphatic hydroxyl groups is 1. The maximum atomic E-state index is 10.5. The third-order valence-corrected chi connectivity index (χ3v) is 1.36. The lowest BCUT2D eigenvalue weighted by Crippen LogP contribution is -2.15. The second kappa shape index (κ2) is 1.84. The fraction of sp³-hybridized carbons (Fsp3) is 0.800. The van der Waals surface area contributed by atoms with Crippen molar-refractivity contribution in [2.24, 2.45) is 5.73 Å². The molecule has 1 saturated carbocycles. The maximum Gasteiger partial charge on any atom is 0.162 e. The molecule has 0 aromatic carbocycles. The zero-order valence-electron chi connectivity index (χ0n) is 4.50. The second-order valence-corrected chi connectivity index (χ2v) is 2.18. The Kier molecular flexibility index (Phi) is 1.31. The van der Waals surface area contributed by atoms with Gasteiger partial charge in [-0.1, -0.05) is 0 Å². The van der Waals surface area contributed by atoms with Gasteiger partial charge in [-0.25, -0.2) is 0 Å². The Labute approximate surface area is 47.5 Å². The minimum Gasteiger partial charge on any atom is -0.385 e. The second-order valence-electron chi connectivity index (χ2n) is 2.18. The average molecular weight is 115 g/mol. The summed E-state index contributed by atoms with van der Waals surface area (Å²) < 4.78 is 0. The van der Waals surface area contributed by atoms with Gasteiger partial charge in [0, 0.05) is 12.5 Å². The molecule has 0 aliphatic heterocycles. The van der Waals surface area contributed by atoms with Gasteiger partial charge in [-0.05, 0) is 6.42 Å². The van der Waals surface area contributed by atoms with E-state index in [2.05, 4.69) is 0 Å². The molecule has 0 heterocycles. The first-order valence-electron chi connectivity index (χ1n) is 2.66. The molecular weight excluding hydrogens is 106 g/mol. The molecule has 3 nitrogen and oxygen atoms in total. The van der Waals surface area contributed by atoms with Gasteiger partial charge in [0.05, 0.1) is 0 Å². The molecule has 0 unspecified atom stereocenters. The summed E-state index contributed by atoms with van der Waals surface area (Å²) in [7, 11) is 0. The first kappa shape index (κ1) is 5.72. The SMILES string of the molecule is N[C@@H]1CC(=O)[C@@H](O)C1. The van der Waals surface area contributed by atoms with Crippen molar-refractivity contribution in [2.75, 3.05) is 0 Å². The molecule has 1 aliphatic rings. The predicted molar refractivity (Wildman–Crippen MR) is 28.2 cm³/mol. The summed E-state index contributed by atoms with van der Waals surface area (Å²) in [5.74, 6) is -0.113. The summed E-state index contributed by atoms with van der Waals surface area (Å²) in [5, 5.41) is 8.74. The normalized spacial score (nSPS) is 38.5. The molecule has 0 spiro atoms. The first-order chi connectivity index (χ1) is 3.70. The van der Waals surface area contributed by atoms with Crippen LogP contribution in [0.15, 0.2) is 0 Å². The highest BCUT2D eigenvalue weighted by atomic mass is 16.3. The molecule has 0 amide bonds.